The van der Waals surface area contributed by atoms with E-state index in [1.807, 2.05) is 13.8 Å². The number of carbonyl (C=O) groups excluding carboxylic acids is 1. The van der Waals surface area contributed by atoms with Crippen molar-refractivity contribution in [3.05, 3.63) is 0 Å². The summed E-state index contributed by atoms with van der Waals surface area (Å²) in [5, 5.41) is 9.12. The SMILES string of the molecule is CCCN=C(NCC)NCCC(=O)NCCC.I. The smallest absolute Gasteiger partial charge is 0.221 e. The Labute approximate surface area is 128 Å². The average Bonchev–Trinajstić information content (AvgIpc) is 2.33. The zero-order valence-electron chi connectivity index (χ0n) is 11.7. The molecule has 0 aromatic rings. The molecule has 108 valence electrons. The lowest BCUT2D eigenvalue weighted by atomic mass is 10.4. The molecule has 0 saturated heterocycles. The number of hydrogen-bond acceptors (Lipinski definition) is 2. The maximum atomic E-state index is 11.3. The Morgan fingerprint density at radius 2 is 1.72 bits per heavy atom. The van der Waals surface area contributed by atoms with Crippen LogP contribution in [-0.2, 0) is 4.79 Å². The summed E-state index contributed by atoms with van der Waals surface area (Å²) >= 11 is 0. The summed E-state index contributed by atoms with van der Waals surface area (Å²) in [6, 6.07) is 0. The average molecular weight is 370 g/mol. The molecule has 0 radical (unpaired) electrons. The van der Waals surface area contributed by atoms with Crippen LogP contribution in [0, 0.1) is 0 Å². The van der Waals surface area contributed by atoms with Gasteiger partial charge >= 0.3 is 0 Å². The van der Waals surface area contributed by atoms with Gasteiger partial charge in [0.1, 0.15) is 0 Å². The number of carbonyl (C=O) groups is 1. The Balaban J connectivity index is 0. The number of halogens is 1. The molecule has 0 rings (SSSR count). The third-order valence-electron chi connectivity index (χ3n) is 2.05. The Morgan fingerprint density at radius 3 is 2.28 bits per heavy atom. The monoisotopic (exact) mass is 370 g/mol. The summed E-state index contributed by atoms with van der Waals surface area (Å²) in [4.78, 5) is 15.7. The highest BCUT2D eigenvalue weighted by Crippen LogP contribution is 1.82. The lowest BCUT2D eigenvalue weighted by molar-refractivity contribution is -0.120. The van der Waals surface area contributed by atoms with Crippen molar-refractivity contribution in [3.8, 4) is 0 Å². The van der Waals surface area contributed by atoms with E-state index in [0.717, 1.165) is 38.4 Å². The van der Waals surface area contributed by atoms with Crippen LogP contribution in [0.1, 0.15) is 40.0 Å². The number of hydrogen-bond donors (Lipinski definition) is 3. The number of amides is 1. The molecule has 0 spiro atoms. The van der Waals surface area contributed by atoms with Gasteiger partial charge in [-0.2, -0.15) is 0 Å². The van der Waals surface area contributed by atoms with E-state index in [4.69, 9.17) is 0 Å². The van der Waals surface area contributed by atoms with Gasteiger partial charge in [0.05, 0.1) is 0 Å². The predicted octanol–water partition coefficient (Wildman–Crippen LogP) is 1.49. The van der Waals surface area contributed by atoms with Crippen LogP contribution in [0.5, 0.6) is 0 Å². The van der Waals surface area contributed by atoms with Crippen molar-refractivity contribution in [2.24, 2.45) is 4.99 Å². The second-order valence-corrected chi connectivity index (χ2v) is 3.79. The van der Waals surface area contributed by atoms with E-state index in [1.165, 1.54) is 0 Å². The lowest BCUT2D eigenvalue weighted by Crippen LogP contribution is -2.39. The number of guanidine groups is 1. The van der Waals surface area contributed by atoms with Crippen LogP contribution in [0.15, 0.2) is 4.99 Å². The Kier molecular flexibility index (Phi) is 16.0. The molecule has 0 aliphatic rings. The lowest BCUT2D eigenvalue weighted by Gasteiger charge is -2.10. The van der Waals surface area contributed by atoms with Crippen molar-refractivity contribution >= 4 is 35.8 Å². The van der Waals surface area contributed by atoms with Gasteiger partial charge in [-0.25, -0.2) is 0 Å². The van der Waals surface area contributed by atoms with Crippen molar-refractivity contribution in [2.75, 3.05) is 26.2 Å². The largest absolute Gasteiger partial charge is 0.357 e. The maximum Gasteiger partial charge on any atom is 0.221 e. The van der Waals surface area contributed by atoms with Gasteiger partial charge in [-0.15, -0.1) is 24.0 Å². The second-order valence-electron chi connectivity index (χ2n) is 3.79. The molecule has 0 aliphatic heterocycles. The van der Waals surface area contributed by atoms with E-state index in [-0.39, 0.29) is 29.9 Å². The van der Waals surface area contributed by atoms with Gasteiger partial charge in [0, 0.05) is 32.6 Å². The molecule has 0 bridgehead atoms. The zero-order valence-corrected chi connectivity index (χ0v) is 14.0. The highest BCUT2D eigenvalue weighted by Gasteiger charge is 2.01. The highest BCUT2D eigenvalue weighted by atomic mass is 127. The summed E-state index contributed by atoms with van der Waals surface area (Å²) in [7, 11) is 0. The van der Waals surface area contributed by atoms with Gasteiger partial charge in [-0.1, -0.05) is 13.8 Å². The predicted molar refractivity (Wildman–Crippen MR) is 87.6 cm³/mol. The van der Waals surface area contributed by atoms with Crippen molar-refractivity contribution in [1.82, 2.24) is 16.0 Å². The first-order chi connectivity index (χ1) is 8.24. The third kappa shape index (κ3) is 11.9. The molecule has 0 atom stereocenters. The zero-order chi connectivity index (χ0) is 12.9. The molecule has 0 aromatic carbocycles. The Bertz CT molecular complexity index is 234. The normalized spacial score (nSPS) is 10.5. The molecule has 3 N–H and O–H groups in total. The summed E-state index contributed by atoms with van der Waals surface area (Å²) in [5.41, 5.74) is 0. The van der Waals surface area contributed by atoms with Crippen LogP contribution in [0.3, 0.4) is 0 Å². The first kappa shape index (κ1) is 19.8. The summed E-state index contributed by atoms with van der Waals surface area (Å²) in [6.07, 6.45) is 2.48. The summed E-state index contributed by atoms with van der Waals surface area (Å²) < 4.78 is 0. The van der Waals surface area contributed by atoms with Crippen molar-refractivity contribution in [2.45, 2.75) is 40.0 Å². The summed E-state index contributed by atoms with van der Waals surface area (Å²) in [6.45, 7) is 9.16. The first-order valence-corrected chi connectivity index (χ1v) is 6.53. The van der Waals surface area contributed by atoms with Gasteiger partial charge in [-0.05, 0) is 19.8 Å². The molecule has 0 saturated carbocycles. The van der Waals surface area contributed by atoms with E-state index in [0.29, 0.717) is 13.0 Å². The van der Waals surface area contributed by atoms with E-state index in [2.05, 4.69) is 27.9 Å². The van der Waals surface area contributed by atoms with Crippen molar-refractivity contribution in [1.29, 1.82) is 0 Å². The van der Waals surface area contributed by atoms with Crippen molar-refractivity contribution in [3.63, 3.8) is 0 Å². The number of nitrogens with zero attached hydrogens (tertiary/aromatic N) is 1. The van der Waals surface area contributed by atoms with Gasteiger partial charge in [0.25, 0.3) is 0 Å². The topological polar surface area (TPSA) is 65.5 Å². The van der Waals surface area contributed by atoms with Crippen LogP contribution in [0.2, 0.25) is 0 Å². The van der Waals surface area contributed by atoms with Crippen LogP contribution in [0.25, 0.3) is 0 Å². The molecule has 5 nitrogen and oxygen atoms in total. The fourth-order valence-corrected chi connectivity index (χ4v) is 1.21. The molecule has 0 fully saturated rings. The number of aliphatic imine (C=N–C) groups is 1. The standard InChI is InChI=1S/C12H26N4O.HI/c1-4-8-14-11(17)7-10-16-12(13-6-3)15-9-5-2;/h4-10H2,1-3H3,(H,14,17)(H2,13,15,16);1H. The van der Waals surface area contributed by atoms with Crippen LogP contribution < -0.4 is 16.0 Å². The maximum absolute atomic E-state index is 11.3. The van der Waals surface area contributed by atoms with Crippen LogP contribution in [0.4, 0.5) is 0 Å². The number of nitrogens with one attached hydrogen (secondary N) is 3. The second kappa shape index (κ2) is 14.5. The van der Waals surface area contributed by atoms with Crippen LogP contribution in [-0.4, -0.2) is 38.0 Å². The molecule has 0 aliphatic carbocycles. The quantitative estimate of drug-likeness (QED) is 0.345. The summed E-state index contributed by atoms with van der Waals surface area (Å²) in [5.74, 6) is 0.878. The minimum absolute atomic E-state index is 0. The molecular formula is C12H27IN4O. The highest BCUT2D eigenvalue weighted by molar-refractivity contribution is 14.0. The third-order valence-corrected chi connectivity index (χ3v) is 2.05. The van der Waals surface area contributed by atoms with Crippen molar-refractivity contribution < 1.29 is 4.79 Å². The minimum atomic E-state index is 0. The van der Waals surface area contributed by atoms with E-state index in [1.54, 1.807) is 0 Å². The van der Waals surface area contributed by atoms with Gasteiger partial charge in [0.2, 0.25) is 5.91 Å². The number of rotatable bonds is 8. The molecule has 0 aromatic heterocycles. The molecule has 0 unspecified atom stereocenters. The van der Waals surface area contributed by atoms with Gasteiger partial charge < -0.3 is 16.0 Å². The van der Waals surface area contributed by atoms with E-state index < -0.39 is 0 Å². The molecule has 18 heavy (non-hydrogen) atoms. The van der Waals surface area contributed by atoms with E-state index in [9.17, 15) is 4.79 Å². The van der Waals surface area contributed by atoms with E-state index >= 15 is 0 Å². The molecule has 6 heteroatoms. The Morgan fingerprint density at radius 1 is 1.00 bits per heavy atom. The first-order valence-electron chi connectivity index (χ1n) is 6.53. The fourth-order valence-electron chi connectivity index (χ4n) is 1.21. The molecule has 1 amide bonds. The minimum Gasteiger partial charge on any atom is -0.357 e. The molecule has 0 heterocycles. The van der Waals surface area contributed by atoms with Gasteiger partial charge in [-0.3, -0.25) is 9.79 Å². The fraction of sp³-hybridized carbons (Fsp3) is 0.833. The van der Waals surface area contributed by atoms with Gasteiger partial charge in [0.15, 0.2) is 5.96 Å². The Hall–Kier alpha value is -0.530. The van der Waals surface area contributed by atoms with Crippen LogP contribution >= 0.6 is 24.0 Å². The molecular weight excluding hydrogens is 343 g/mol.